The molecule has 1 amide bonds. The molecule has 2 rings (SSSR count). The lowest BCUT2D eigenvalue weighted by molar-refractivity contribution is 0.102. The summed E-state index contributed by atoms with van der Waals surface area (Å²) >= 11 is 0. The predicted octanol–water partition coefficient (Wildman–Crippen LogP) is 2.07. The number of nitrogens with one attached hydrogen (secondary N) is 1. The van der Waals surface area contributed by atoms with Crippen molar-refractivity contribution in [1.82, 2.24) is 9.97 Å². The Labute approximate surface area is 114 Å². The summed E-state index contributed by atoms with van der Waals surface area (Å²) in [6.45, 7) is 0. The second kappa shape index (κ2) is 5.60. The van der Waals surface area contributed by atoms with Gasteiger partial charge < -0.3 is 10.2 Å². The molecule has 0 saturated heterocycles. The number of pyridine rings is 2. The Morgan fingerprint density at radius 1 is 1.20 bits per heavy atom. The number of carbonyl (C=O) groups is 1. The zero-order valence-corrected chi connectivity index (χ0v) is 10.9. The zero-order valence-electron chi connectivity index (χ0n) is 10.9. The Morgan fingerprint density at radius 3 is 2.55 bits per heavy atom. The first-order valence-electron chi connectivity index (χ1n) is 5.74. The van der Waals surface area contributed by atoms with Crippen LogP contribution in [0.2, 0.25) is 0 Å². The van der Waals surface area contributed by atoms with Gasteiger partial charge in [0.15, 0.2) is 5.82 Å². The van der Waals surface area contributed by atoms with Crippen LogP contribution in [0.4, 0.5) is 20.3 Å². The molecule has 2 aromatic rings. The van der Waals surface area contributed by atoms with Crippen molar-refractivity contribution >= 4 is 17.4 Å². The summed E-state index contributed by atoms with van der Waals surface area (Å²) in [7, 11) is 3.66. The first-order valence-corrected chi connectivity index (χ1v) is 5.74. The number of hydrogen-bond acceptors (Lipinski definition) is 4. The number of nitrogens with zero attached hydrogens (tertiary/aromatic N) is 3. The molecule has 0 atom stereocenters. The van der Waals surface area contributed by atoms with Crippen LogP contribution in [0.25, 0.3) is 0 Å². The SMILES string of the molecule is CN(C)c1ccc(NC(=O)c2ccnc(F)c2F)cn1. The molecule has 0 bridgehead atoms. The lowest BCUT2D eigenvalue weighted by Gasteiger charge is -2.11. The second-order valence-corrected chi connectivity index (χ2v) is 4.22. The van der Waals surface area contributed by atoms with Crippen LogP contribution in [0, 0.1) is 11.8 Å². The summed E-state index contributed by atoms with van der Waals surface area (Å²) in [5, 5.41) is 2.44. The highest BCUT2D eigenvalue weighted by molar-refractivity contribution is 6.04. The third-order valence-corrected chi connectivity index (χ3v) is 2.56. The number of halogens is 2. The van der Waals surface area contributed by atoms with Crippen molar-refractivity contribution in [3.05, 3.63) is 47.9 Å². The number of hydrogen-bond donors (Lipinski definition) is 1. The van der Waals surface area contributed by atoms with Gasteiger partial charge in [0.25, 0.3) is 5.91 Å². The Hall–Kier alpha value is -2.57. The molecule has 20 heavy (non-hydrogen) atoms. The Balaban J connectivity index is 2.17. The van der Waals surface area contributed by atoms with E-state index in [0.29, 0.717) is 11.5 Å². The molecule has 104 valence electrons. The fourth-order valence-corrected chi connectivity index (χ4v) is 1.52. The minimum atomic E-state index is -1.31. The first-order chi connectivity index (χ1) is 9.49. The van der Waals surface area contributed by atoms with Gasteiger partial charge in [0.1, 0.15) is 5.82 Å². The van der Waals surface area contributed by atoms with Gasteiger partial charge in [0.05, 0.1) is 17.4 Å². The number of amides is 1. The molecule has 0 saturated carbocycles. The Kier molecular flexibility index (Phi) is 3.88. The smallest absolute Gasteiger partial charge is 0.258 e. The van der Waals surface area contributed by atoms with Crippen molar-refractivity contribution in [1.29, 1.82) is 0 Å². The minimum Gasteiger partial charge on any atom is -0.363 e. The highest BCUT2D eigenvalue weighted by Crippen LogP contribution is 2.14. The van der Waals surface area contributed by atoms with E-state index in [2.05, 4.69) is 15.3 Å². The number of carbonyl (C=O) groups excluding carboxylic acids is 1. The minimum absolute atomic E-state index is 0.386. The molecule has 5 nitrogen and oxygen atoms in total. The maximum Gasteiger partial charge on any atom is 0.258 e. The van der Waals surface area contributed by atoms with Crippen molar-refractivity contribution in [2.24, 2.45) is 0 Å². The largest absolute Gasteiger partial charge is 0.363 e. The quantitative estimate of drug-likeness (QED) is 0.873. The van der Waals surface area contributed by atoms with Gasteiger partial charge in [-0.2, -0.15) is 4.39 Å². The normalized spacial score (nSPS) is 10.2. The predicted molar refractivity (Wildman–Crippen MR) is 70.7 cm³/mol. The third-order valence-electron chi connectivity index (χ3n) is 2.56. The molecule has 2 heterocycles. The van der Waals surface area contributed by atoms with Crippen molar-refractivity contribution in [3.63, 3.8) is 0 Å². The summed E-state index contributed by atoms with van der Waals surface area (Å²) in [6, 6.07) is 4.42. The van der Waals surface area contributed by atoms with Crippen LogP contribution in [0.1, 0.15) is 10.4 Å². The van der Waals surface area contributed by atoms with E-state index < -0.39 is 23.2 Å². The van der Waals surface area contributed by atoms with E-state index >= 15 is 0 Å². The molecular weight excluding hydrogens is 266 g/mol. The van der Waals surface area contributed by atoms with Crippen molar-refractivity contribution < 1.29 is 13.6 Å². The molecular formula is C13H12F2N4O. The average Bonchev–Trinajstić information content (AvgIpc) is 2.42. The van der Waals surface area contributed by atoms with Gasteiger partial charge in [-0.1, -0.05) is 0 Å². The van der Waals surface area contributed by atoms with E-state index in [-0.39, 0.29) is 0 Å². The summed E-state index contributed by atoms with van der Waals surface area (Å²) in [5.74, 6) is -2.63. The van der Waals surface area contributed by atoms with Crippen LogP contribution in [0.3, 0.4) is 0 Å². The first kappa shape index (κ1) is 13.9. The average molecular weight is 278 g/mol. The number of rotatable bonds is 3. The summed E-state index contributed by atoms with van der Waals surface area (Å²) < 4.78 is 26.3. The van der Waals surface area contributed by atoms with Crippen LogP contribution < -0.4 is 10.2 Å². The van der Waals surface area contributed by atoms with E-state index in [1.165, 1.54) is 6.20 Å². The molecule has 1 N–H and O–H groups in total. The fraction of sp³-hybridized carbons (Fsp3) is 0.154. The highest BCUT2D eigenvalue weighted by Gasteiger charge is 2.16. The summed E-state index contributed by atoms with van der Waals surface area (Å²) in [6.07, 6.45) is 2.46. The van der Waals surface area contributed by atoms with Crippen LogP contribution in [0.5, 0.6) is 0 Å². The monoisotopic (exact) mass is 278 g/mol. The molecule has 0 aromatic carbocycles. The summed E-state index contributed by atoms with van der Waals surface area (Å²) in [4.78, 5) is 20.8. The molecule has 2 aromatic heterocycles. The van der Waals surface area contributed by atoms with Crippen molar-refractivity contribution in [2.75, 3.05) is 24.3 Å². The van der Waals surface area contributed by atoms with Gasteiger partial charge in [-0.25, -0.2) is 14.4 Å². The van der Waals surface area contributed by atoms with Gasteiger partial charge in [-0.05, 0) is 18.2 Å². The van der Waals surface area contributed by atoms with Crippen molar-refractivity contribution in [3.8, 4) is 0 Å². The van der Waals surface area contributed by atoms with E-state index in [1.807, 2.05) is 14.1 Å². The molecule has 0 aliphatic heterocycles. The summed E-state index contributed by atoms with van der Waals surface area (Å²) in [5.41, 5.74) is -0.0218. The molecule has 0 fully saturated rings. The Morgan fingerprint density at radius 2 is 1.95 bits per heavy atom. The standard InChI is InChI=1S/C13H12F2N4O/c1-19(2)10-4-3-8(7-17-10)18-13(20)9-5-6-16-12(15)11(9)14/h3-7H,1-2H3,(H,18,20). The zero-order chi connectivity index (χ0) is 14.7. The van der Waals surface area contributed by atoms with Crippen LogP contribution in [0.15, 0.2) is 30.6 Å². The second-order valence-electron chi connectivity index (χ2n) is 4.22. The van der Waals surface area contributed by atoms with Gasteiger partial charge in [-0.3, -0.25) is 4.79 Å². The van der Waals surface area contributed by atoms with E-state index in [9.17, 15) is 13.6 Å². The Bertz CT molecular complexity index is 629. The van der Waals surface area contributed by atoms with Crippen LogP contribution in [-0.2, 0) is 0 Å². The lowest BCUT2D eigenvalue weighted by Crippen LogP contribution is -2.16. The maximum atomic E-state index is 13.4. The lowest BCUT2D eigenvalue weighted by atomic mass is 10.2. The van der Waals surface area contributed by atoms with Gasteiger partial charge >= 0.3 is 0 Å². The number of anilines is 2. The van der Waals surface area contributed by atoms with Gasteiger partial charge in [0, 0.05) is 20.3 Å². The molecule has 0 unspecified atom stereocenters. The highest BCUT2D eigenvalue weighted by atomic mass is 19.2. The van der Waals surface area contributed by atoms with E-state index in [0.717, 1.165) is 12.3 Å². The molecule has 0 spiro atoms. The molecule has 0 aliphatic carbocycles. The van der Waals surface area contributed by atoms with Crippen LogP contribution in [-0.4, -0.2) is 30.0 Å². The van der Waals surface area contributed by atoms with Gasteiger partial charge in [-0.15, -0.1) is 0 Å². The molecule has 0 radical (unpaired) electrons. The van der Waals surface area contributed by atoms with E-state index in [4.69, 9.17) is 0 Å². The van der Waals surface area contributed by atoms with E-state index in [1.54, 1.807) is 17.0 Å². The van der Waals surface area contributed by atoms with Crippen LogP contribution >= 0.6 is 0 Å². The topological polar surface area (TPSA) is 58.1 Å². The maximum absolute atomic E-state index is 13.4. The third kappa shape index (κ3) is 2.87. The molecule has 0 aliphatic rings. The van der Waals surface area contributed by atoms with Crippen molar-refractivity contribution in [2.45, 2.75) is 0 Å². The number of aromatic nitrogens is 2. The molecule has 7 heteroatoms. The fourth-order valence-electron chi connectivity index (χ4n) is 1.52. The van der Waals surface area contributed by atoms with Gasteiger partial charge in [0.2, 0.25) is 5.95 Å².